The first-order valence-electron chi connectivity index (χ1n) is 9.23. The minimum atomic E-state index is -0.604. The van der Waals surface area contributed by atoms with Crippen molar-refractivity contribution in [2.75, 3.05) is 19.0 Å². The number of nitrogens with one attached hydrogen (secondary N) is 1. The number of ether oxygens (including phenoxy) is 1. The normalized spacial score (nSPS) is 17.3. The predicted octanol–water partition coefficient (Wildman–Crippen LogP) is 3.59. The molecule has 0 aliphatic carbocycles. The van der Waals surface area contributed by atoms with Gasteiger partial charge >= 0.3 is 5.97 Å². The Labute approximate surface area is 177 Å². The van der Waals surface area contributed by atoms with Crippen molar-refractivity contribution in [1.82, 2.24) is 4.90 Å². The molecular weight excluding hydrogens is 409 g/mol. The number of aliphatic imine (C=N–C) groups is 1. The van der Waals surface area contributed by atoms with Crippen LogP contribution in [0, 0.1) is 5.82 Å². The van der Waals surface area contributed by atoms with Crippen molar-refractivity contribution in [2.24, 2.45) is 4.99 Å². The van der Waals surface area contributed by atoms with Gasteiger partial charge in [-0.25, -0.2) is 14.2 Å². The molecule has 0 aromatic heterocycles. The van der Waals surface area contributed by atoms with Gasteiger partial charge in [-0.15, -0.1) is 0 Å². The molecule has 0 saturated carbocycles. The second-order valence-electron chi connectivity index (χ2n) is 6.42. The Hall–Kier alpha value is -3.20. The summed E-state index contributed by atoms with van der Waals surface area (Å²) in [6.07, 6.45) is -0.0357. The van der Waals surface area contributed by atoms with Crippen LogP contribution in [-0.2, 0) is 14.3 Å². The Morgan fingerprint density at radius 2 is 1.83 bits per heavy atom. The van der Waals surface area contributed by atoms with Crippen molar-refractivity contribution in [3.05, 3.63) is 59.9 Å². The topological polar surface area (TPSA) is 88.1 Å². The fourth-order valence-corrected chi connectivity index (χ4v) is 3.86. The van der Waals surface area contributed by atoms with Gasteiger partial charge < -0.3 is 10.1 Å². The van der Waals surface area contributed by atoms with E-state index in [1.165, 1.54) is 40.9 Å². The molecule has 0 spiro atoms. The second-order valence-corrected chi connectivity index (χ2v) is 7.59. The smallest absolute Gasteiger partial charge is 0.338 e. The number of benzene rings is 2. The van der Waals surface area contributed by atoms with Crippen LogP contribution < -0.4 is 5.32 Å². The quantitative estimate of drug-likeness (QED) is 0.709. The number of amidine groups is 1. The number of carbonyl (C=O) groups excluding carboxylic acids is 3. The van der Waals surface area contributed by atoms with Gasteiger partial charge in [-0.05, 0) is 55.5 Å². The highest BCUT2D eigenvalue weighted by molar-refractivity contribution is 8.15. The molecule has 2 amide bonds. The minimum Gasteiger partial charge on any atom is -0.462 e. The fraction of sp³-hybridized carbons (Fsp3) is 0.238. The van der Waals surface area contributed by atoms with E-state index in [9.17, 15) is 18.8 Å². The molecule has 7 nitrogen and oxygen atoms in total. The summed E-state index contributed by atoms with van der Waals surface area (Å²) in [5, 5.41) is 2.51. The standard InChI is InChI=1S/C21H20FN3O4S/c1-3-29-20(28)13-4-8-16(9-5-13)24-21-25(2)19(27)17(30-21)12-18(26)23-15-10-6-14(22)7-11-15/h4-11,17H,3,12H2,1-2H3,(H,23,26)/t17-/m0/s1. The number of anilines is 1. The Morgan fingerprint density at radius 1 is 1.17 bits per heavy atom. The van der Waals surface area contributed by atoms with Gasteiger partial charge in [0.15, 0.2) is 5.17 Å². The summed E-state index contributed by atoms with van der Waals surface area (Å²) in [4.78, 5) is 42.3. The maximum atomic E-state index is 13.0. The first-order valence-corrected chi connectivity index (χ1v) is 10.1. The SMILES string of the molecule is CCOC(=O)c1ccc(N=C2S[C@@H](CC(=O)Nc3ccc(F)cc3)C(=O)N2C)cc1. The molecule has 156 valence electrons. The molecular formula is C21H20FN3O4S. The summed E-state index contributed by atoms with van der Waals surface area (Å²) >= 11 is 1.20. The van der Waals surface area contributed by atoms with Crippen LogP contribution in [0.1, 0.15) is 23.7 Å². The summed E-state index contributed by atoms with van der Waals surface area (Å²) in [7, 11) is 1.60. The summed E-state index contributed by atoms with van der Waals surface area (Å²) in [5.74, 6) is -1.38. The van der Waals surface area contributed by atoms with Gasteiger partial charge in [0.1, 0.15) is 11.1 Å². The lowest BCUT2D eigenvalue weighted by molar-refractivity contribution is -0.127. The molecule has 1 aliphatic heterocycles. The fourth-order valence-electron chi connectivity index (χ4n) is 2.71. The third-order valence-electron chi connectivity index (χ3n) is 4.24. The van der Waals surface area contributed by atoms with E-state index >= 15 is 0 Å². The third-order valence-corrected chi connectivity index (χ3v) is 5.47. The van der Waals surface area contributed by atoms with Crippen molar-refractivity contribution in [2.45, 2.75) is 18.6 Å². The number of nitrogens with zero attached hydrogens (tertiary/aromatic N) is 2. The van der Waals surface area contributed by atoms with Gasteiger partial charge in [-0.2, -0.15) is 0 Å². The molecule has 1 N–H and O–H groups in total. The average molecular weight is 429 g/mol. The van der Waals surface area contributed by atoms with Crippen LogP contribution in [0.2, 0.25) is 0 Å². The van der Waals surface area contributed by atoms with E-state index in [0.29, 0.717) is 28.7 Å². The van der Waals surface area contributed by atoms with Crippen molar-refractivity contribution in [3.8, 4) is 0 Å². The van der Waals surface area contributed by atoms with Crippen LogP contribution in [0.15, 0.2) is 53.5 Å². The molecule has 2 aromatic rings. The number of halogens is 1. The average Bonchev–Trinajstić information content (AvgIpc) is 2.98. The van der Waals surface area contributed by atoms with Crippen LogP contribution in [-0.4, -0.2) is 46.8 Å². The lowest BCUT2D eigenvalue weighted by atomic mass is 10.2. The molecule has 3 rings (SSSR count). The Bertz CT molecular complexity index is 977. The summed E-state index contributed by atoms with van der Waals surface area (Å²) in [5.41, 5.74) is 1.45. The molecule has 0 radical (unpaired) electrons. The maximum absolute atomic E-state index is 13.0. The molecule has 0 unspecified atom stereocenters. The monoisotopic (exact) mass is 429 g/mol. The van der Waals surface area contributed by atoms with Crippen LogP contribution in [0.25, 0.3) is 0 Å². The van der Waals surface area contributed by atoms with Crippen molar-refractivity contribution >= 4 is 46.1 Å². The predicted molar refractivity (Wildman–Crippen MR) is 113 cm³/mol. The molecule has 30 heavy (non-hydrogen) atoms. The zero-order valence-corrected chi connectivity index (χ0v) is 17.2. The van der Waals surface area contributed by atoms with E-state index in [1.54, 1.807) is 38.2 Å². The van der Waals surface area contributed by atoms with E-state index in [4.69, 9.17) is 4.74 Å². The van der Waals surface area contributed by atoms with Gasteiger partial charge in [0, 0.05) is 19.2 Å². The van der Waals surface area contributed by atoms with Crippen molar-refractivity contribution in [1.29, 1.82) is 0 Å². The van der Waals surface area contributed by atoms with Gasteiger partial charge in [-0.3, -0.25) is 14.5 Å². The number of thioether (sulfide) groups is 1. The molecule has 1 heterocycles. The highest BCUT2D eigenvalue weighted by Gasteiger charge is 2.37. The number of carbonyl (C=O) groups is 3. The van der Waals surface area contributed by atoms with E-state index < -0.39 is 17.0 Å². The Kier molecular flexibility index (Phi) is 6.83. The molecule has 9 heteroatoms. The Morgan fingerprint density at radius 3 is 2.47 bits per heavy atom. The van der Waals surface area contributed by atoms with Gasteiger partial charge in [-0.1, -0.05) is 11.8 Å². The minimum absolute atomic E-state index is 0.0357. The first kappa shape index (κ1) is 21.5. The van der Waals surface area contributed by atoms with E-state index in [1.807, 2.05) is 0 Å². The van der Waals surface area contributed by atoms with E-state index in [0.717, 1.165) is 0 Å². The molecule has 2 aromatic carbocycles. The highest BCUT2D eigenvalue weighted by atomic mass is 32.2. The molecule has 1 aliphatic rings. The summed E-state index contributed by atoms with van der Waals surface area (Å²) in [6.45, 7) is 2.03. The van der Waals surface area contributed by atoms with E-state index in [-0.39, 0.29) is 18.2 Å². The number of hydrogen-bond acceptors (Lipinski definition) is 6. The van der Waals surface area contributed by atoms with Gasteiger partial charge in [0.25, 0.3) is 0 Å². The van der Waals surface area contributed by atoms with Gasteiger partial charge in [0.05, 0.1) is 17.9 Å². The molecule has 1 atom stereocenters. The largest absolute Gasteiger partial charge is 0.462 e. The van der Waals surface area contributed by atoms with Crippen LogP contribution >= 0.6 is 11.8 Å². The lowest BCUT2D eigenvalue weighted by Crippen LogP contribution is -2.30. The number of hydrogen-bond donors (Lipinski definition) is 1. The van der Waals surface area contributed by atoms with Crippen molar-refractivity contribution < 1.29 is 23.5 Å². The second kappa shape index (κ2) is 9.53. The molecule has 1 fully saturated rings. The molecule has 1 saturated heterocycles. The highest BCUT2D eigenvalue weighted by Crippen LogP contribution is 2.31. The van der Waals surface area contributed by atoms with Gasteiger partial charge in [0.2, 0.25) is 11.8 Å². The van der Waals surface area contributed by atoms with Crippen LogP contribution in [0.4, 0.5) is 15.8 Å². The van der Waals surface area contributed by atoms with Crippen molar-refractivity contribution in [3.63, 3.8) is 0 Å². The zero-order valence-electron chi connectivity index (χ0n) is 16.4. The first-order chi connectivity index (χ1) is 14.4. The third kappa shape index (κ3) is 5.24. The maximum Gasteiger partial charge on any atom is 0.338 e. The van der Waals surface area contributed by atoms with Crippen LogP contribution in [0.3, 0.4) is 0 Å². The van der Waals surface area contributed by atoms with E-state index in [2.05, 4.69) is 10.3 Å². The Balaban J connectivity index is 1.64. The summed E-state index contributed by atoms with van der Waals surface area (Å²) in [6, 6.07) is 11.9. The number of amides is 2. The summed E-state index contributed by atoms with van der Waals surface area (Å²) < 4.78 is 17.9. The molecule has 0 bridgehead atoms. The zero-order chi connectivity index (χ0) is 21.7. The number of rotatable bonds is 6. The number of esters is 1. The lowest BCUT2D eigenvalue weighted by Gasteiger charge is -2.09. The van der Waals surface area contributed by atoms with Crippen LogP contribution in [0.5, 0.6) is 0 Å².